The van der Waals surface area contributed by atoms with E-state index in [1.165, 1.54) is 23.1 Å². The molecule has 0 amide bonds. The number of carboxylic acid groups (broad SMARTS) is 1. The van der Waals surface area contributed by atoms with E-state index in [9.17, 15) is 4.79 Å². The second kappa shape index (κ2) is 5.33. The predicted molar refractivity (Wildman–Crippen MR) is 70.5 cm³/mol. The Hall–Kier alpha value is -1.33. The van der Waals surface area contributed by atoms with Gasteiger partial charge in [0, 0.05) is 10.9 Å². The number of hydrogen-bond acceptors (Lipinski definition) is 4. The lowest BCUT2D eigenvalue weighted by atomic mass is 10.2. The van der Waals surface area contributed by atoms with Crippen molar-refractivity contribution in [1.29, 1.82) is 0 Å². The lowest BCUT2D eigenvalue weighted by molar-refractivity contribution is -0.136. The SMILES string of the molecule is C[C@@H](Sc1nc(-c2ccccc2)cs1)C(=O)O. The van der Waals surface area contributed by atoms with Crippen molar-refractivity contribution < 1.29 is 9.90 Å². The maximum absolute atomic E-state index is 10.7. The summed E-state index contributed by atoms with van der Waals surface area (Å²) in [6, 6.07) is 9.86. The van der Waals surface area contributed by atoms with Crippen LogP contribution in [0.2, 0.25) is 0 Å². The molecule has 0 radical (unpaired) electrons. The highest BCUT2D eigenvalue weighted by molar-refractivity contribution is 8.02. The fourth-order valence-electron chi connectivity index (χ4n) is 1.25. The van der Waals surface area contributed by atoms with E-state index in [0.717, 1.165) is 15.6 Å². The first-order valence-corrected chi connectivity index (χ1v) is 6.83. The van der Waals surface area contributed by atoms with E-state index >= 15 is 0 Å². The van der Waals surface area contributed by atoms with Crippen LogP contribution in [0.4, 0.5) is 0 Å². The van der Waals surface area contributed by atoms with Gasteiger partial charge in [0.05, 0.1) is 5.69 Å². The third-order valence-corrected chi connectivity index (χ3v) is 4.24. The van der Waals surface area contributed by atoms with E-state index in [1.54, 1.807) is 6.92 Å². The van der Waals surface area contributed by atoms with Gasteiger partial charge in [0.15, 0.2) is 4.34 Å². The molecular formula is C12H11NO2S2. The molecule has 0 spiro atoms. The fourth-order valence-corrected chi connectivity index (χ4v) is 3.16. The van der Waals surface area contributed by atoms with Gasteiger partial charge in [0.1, 0.15) is 5.25 Å². The van der Waals surface area contributed by atoms with Gasteiger partial charge < -0.3 is 5.11 Å². The zero-order chi connectivity index (χ0) is 12.3. The smallest absolute Gasteiger partial charge is 0.316 e. The van der Waals surface area contributed by atoms with Crippen LogP contribution < -0.4 is 0 Å². The molecule has 1 N–H and O–H groups in total. The first-order chi connectivity index (χ1) is 8.16. The quantitative estimate of drug-likeness (QED) is 0.861. The summed E-state index contributed by atoms with van der Waals surface area (Å²) in [5, 5.41) is 10.3. The number of rotatable bonds is 4. The number of hydrogen-bond donors (Lipinski definition) is 1. The van der Waals surface area contributed by atoms with Crippen molar-refractivity contribution >= 4 is 29.1 Å². The second-order valence-electron chi connectivity index (χ2n) is 3.46. The van der Waals surface area contributed by atoms with Crippen molar-refractivity contribution in [2.24, 2.45) is 0 Å². The summed E-state index contributed by atoms with van der Waals surface area (Å²) in [6.07, 6.45) is 0. The number of carboxylic acids is 1. The van der Waals surface area contributed by atoms with E-state index in [4.69, 9.17) is 5.11 Å². The zero-order valence-electron chi connectivity index (χ0n) is 9.16. The second-order valence-corrected chi connectivity index (χ2v) is 5.91. The molecule has 1 atom stereocenters. The number of thioether (sulfide) groups is 1. The lowest BCUT2D eigenvalue weighted by Gasteiger charge is -2.01. The fraction of sp³-hybridized carbons (Fsp3) is 0.167. The van der Waals surface area contributed by atoms with E-state index < -0.39 is 11.2 Å². The van der Waals surface area contributed by atoms with E-state index in [1.807, 2.05) is 35.7 Å². The molecule has 0 unspecified atom stereocenters. The van der Waals surface area contributed by atoms with Gasteiger partial charge in [0.2, 0.25) is 0 Å². The molecule has 0 saturated heterocycles. The Kier molecular flexibility index (Phi) is 3.81. The van der Waals surface area contributed by atoms with E-state index in [-0.39, 0.29) is 0 Å². The molecular weight excluding hydrogens is 254 g/mol. The molecule has 1 aromatic heterocycles. The maximum atomic E-state index is 10.7. The van der Waals surface area contributed by atoms with Gasteiger partial charge >= 0.3 is 5.97 Å². The molecule has 2 rings (SSSR count). The van der Waals surface area contributed by atoms with Gasteiger partial charge in [-0.2, -0.15) is 0 Å². The van der Waals surface area contributed by atoms with Crippen LogP contribution in [0.15, 0.2) is 40.1 Å². The van der Waals surface area contributed by atoms with Gasteiger partial charge in [-0.05, 0) is 6.92 Å². The van der Waals surface area contributed by atoms with Gasteiger partial charge in [-0.1, -0.05) is 42.1 Å². The number of aromatic nitrogens is 1. The summed E-state index contributed by atoms with van der Waals surface area (Å²) in [5.74, 6) is -0.813. The van der Waals surface area contributed by atoms with Crippen molar-refractivity contribution in [3.8, 4) is 11.3 Å². The molecule has 0 bridgehead atoms. The topological polar surface area (TPSA) is 50.2 Å². The molecule has 1 aromatic carbocycles. The molecule has 2 aromatic rings. The van der Waals surface area contributed by atoms with Crippen molar-refractivity contribution in [3.05, 3.63) is 35.7 Å². The molecule has 0 aliphatic carbocycles. The highest BCUT2D eigenvalue weighted by Crippen LogP contribution is 2.30. The molecule has 0 aliphatic rings. The van der Waals surface area contributed by atoms with Gasteiger partial charge in [-0.15, -0.1) is 11.3 Å². The minimum Gasteiger partial charge on any atom is -0.480 e. The summed E-state index contributed by atoms with van der Waals surface area (Å²) < 4.78 is 0.791. The molecule has 0 saturated carbocycles. The molecule has 88 valence electrons. The molecule has 17 heavy (non-hydrogen) atoms. The van der Waals surface area contributed by atoms with Gasteiger partial charge in [0.25, 0.3) is 0 Å². The average molecular weight is 265 g/mol. The summed E-state index contributed by atoms with van der Waals surface area (Å²) in [6.45, 7) is 1.66. The minimum absolute atomic E-state index is 0.468. The van der Waals surface area contributed by atoms with Crippen LogP contribution in [0.5, 0.6) is 0 Å². The lowest BCUT2D eigenvalue weighted by Crippen LogP contribution is -2.10. The minimum atomic E-state index is -0.813. The summed E-state index contributed by atoms with van der Waals surface area (Å²) in [7, 11) is 0. The van der Waals surface area contributed by atoms with Crippen LogP contribution in [0.1, 0.15) is 6.92 Å². The average Bonchev–Trinajstić information content (AvgIpc) is 2.78. The van der Waals surface area contributed by atoms with Crippen LogP contribution in [0.25, 0.3) is 11.3 Å². The third kappa shape index (κ3) is 3.08. The standard InChI is InChI=1S/C12H11NO2S2/c1-8(11(14)15)17-12-13-10(7-16-12)9-5-3-2-4-6-9/h2-8H,1H3,(H,14,15)/t8-/m1/s1. The van der Waals surface area contributed by atoms with Crippen LogP contribution >= 0.6 is 23.1 Å². The number of carbonyl (C=O) groups is 1. The monoisotopic (exact) mass is 265 g/mol. The van der Waals surface area contributed by atoms with Crippen molar-refractivity contribution in [1.82, 2.24) is 4.98 Å². The molecule has 5 heteroatoms. The summed E-state index contributed by atoms with van der Waals surface area (Å²) >= 11 is 2.75. The first-order valence-electron chi connectivity index (χ1n) is 5.07. The normalized spacial score (nSPS) is 12.3. The Morgan fingerprint density at radius 1 is 1.41 bits per heavy atom. The summed E-state index contributed by atoms with van der Waals surface area (Å²) in [4.78, 5) is 15.2. The Morgan fingerprint density at radius 2 is 2.12 bits per heavy atom. The largest absolute Gasteiger partial charge is 0.480 e. The zero-order valence-corrected chi connectivity index (χ0v) is 10.8. The van der Waals surface area contributed by atoms with Crippen molar-refractivity contribution in [2.45, 2.75) is 16.5 Å². The summed E-state index contributed by atoms with van der Waals surface area (Å²) in [5.41, 5.74) is 1.95. The molecule has 0 fully saturated rings. The number of thiazole rings is 1. The van der Waals surface area contributed by atoms with Crippen molar-refractivity contribution in [2.75, 3.05) is 0 Å². The Morgan fingerprint density at radius 3 is 2.76 bits per heavy atom. The van der Waals surface area contributed by atoms with Crippen molar-refractivity contribution in [3.63, 3.8) is 0 Å². The third-order valence-electron chi connectivity index (χ3n) is 2.18. The number of nitrogens with zero attached hydrogens (tertiary/aromatic N) is 1. The maximum Gasteiger partial charge on any atom is 0.316 e. The van der Waals surface area contributed by atoms with Gasteiger partial charge in [-0.3, -0.25) is 4.79 Å². The number of aliphatic carboxylic acids is 1. The van der Waals surface area contributed by atoms with Crippen LogP contribution in [0, 0.1) is 0 Å². The number of benzene rings is 1. The van der Waals surface area contributed by atoms with Crippen LogP contribution in [0.3, 0.4) is 0 Å². The Bertz CT molecular complexity index is 510. The molecule has 3 nitrogen and oxygen atoms in total. The van der Waals surface area contributed by atoms with Gasteiger partial charge in [-0.25, -0.2) is 4.98 Å². The molecule has 1 heterocycles. The van der Waals surface area contributed by atoms with Crippen LogP contribution in [-0.4, -0.2) is 21.3 Å². The van der Waals surface area contributed by atoms with Crippen LogP contribution in [-0.2, 0) is 4.79 Å². The van der Waals surface area contributed by atoms with E-state index in [0.29, 0.717) is 0 Å². The first kappa shape index (κ1) is 12.1. The highest BCUT2D eigenvalue weighted by Gasteiger charge is 2.15. The Balaban J connectivity index is 2.14. The predicted octanol–water partition coefficient (Wildman–Crippen LogP) is 3.38. The Labute approximate surface area is 108 Å². The highest BCUT2D eigenvalue weighted by atomic mass is 32.2. The molecule has 0 aliphatic heterocycles. The van der Waals surface area contributed by atoms with E-state index in [2.05, 4.69) is 4.98 Å².